The maximum absolute atomic E-state index is 3.74. The van der Waals surface area contributed by atoms with Crippen molar-refractivity contribution < 1.29 is 0 Å². The Bertz CT molecular complexity index is 272. The number of hydrogen-bond donors (Lipinski definition) is 0. The number of benzene rings is 1. The van der Waals surface area contributed by atoms with Gasteiger partial charge in [-0.3, -0.25) is 0 Å². The molecule has 0 amide bonds. The fraction of sp³-hybridized carbons (Fsp3) is 0.385. The fourth-order valence-corrected chi connectivity index (χ4v) is 2.80. The third-order valence-corrected chi connectivity index (χ3v) is 3.59. The Labute approximate surface area is 89.3 Å². The molecule has 1 aromatic rings. The van der Waals surface area contributed by atoms with Crippen LogP contribution in [-0.4, -0.2) is 8.80 Å². The molecule has 0 N–H and O–H groups in total. The van der Waals surface area contributed by atoms with E-state index in [1.54, 1.807) is 0 Å². The third-order valence-electron chi connectivity index (χ3n) is 2.30. The van der Waals surface area contributed by atoms with Crippen LogP contribution in [0.4, 0.5) is 0 Å². The van der Waals surface area contributed by atoms with E-state index in [-0.39, 0.29) is 0 Å². The Balaban J connectivity index is 2.54. The van der Waals surface area contributed by atoms with Gasteiger partial charge in [-0.25, -0.2) is 0 Å². The Morgan fingerprint density at radius 3 is 2.21 bits per heavy atom. The van der Waals surface area contributed by atoms with Crippen molar-refractivity contribution >= 4 is 8.80 Å². The second-order valence-corrected chi connectivity index (χ2v) is 7.44. The molecule has 0 aliphatic heterocycles. The van der Waals surface area contributed by atoms with Crippen molar-refractivity contribution in [1.29, 1.82) is 0 Å². The van der Waals surface area contributed by atoms with Crippen molar-refractivity contribution in [1.82, 2.24) is 0 Å². The van der Waals surface area contributed by atoms with Crippen molar-refractivity contribution in [2.75, 3.05) is 0 Å². The first-order valence-corrected chi connectivity index (χ1v) is 8.53. The highest BCUT2D eigenvalue weighted by atomic mass is 28.3. The number of rotatable bonds is 5. The zero-order valence-electron chi connectivity index (χ0n) is 9.29. The lowest BCUT2D eigenvalue weighted by Gasteiger charge is -2.04. The smallest absolute Gasteiger partial charge is 0.0352 e. The zero-order valence-corrected chi connectivity index (χ0v) is 10.4. The summed E-state index contributed by atoms with van der Waals surface area (Å²) in [6.45, 7) is 8.53. The van der Waals surface area contributed by atoms with Gasteiger partial charge in [0.25, 0.3) is 0 Å². The molecule has 1 rings (SSSR count). The van der Waals surface area contributed by atoms with Crippen LogP contribution in [0.5, 0.6) is 0 Å². The van der Waals surface area contributed by atoms with Crippen LogP contribution in [0.15, 0.2) is 36.9 Å². The van der Waals surface area contributed by atoms with Crippen LogP contribution in [0.25, 0.3) is 0 Å². The highest BCUT2D eigenvalue weighted by Gasteiger charge is 1.98. The fourth-order valence-electron chi connectivity index (χ4n) is 1.58. The molecule has 76 valence electrons. The van der Waals surface area contributed by atoms with E-state index in [1.165, 1.54) is 17.2 Å². The number of hydrogen-bond acceptors (Lipinski definition) is 0. The molecule has 0 heterocycles. The summed E-state index contributed by atoms with van der Waals surface area (Å²) in [5.41, 5.74) is 2.94. The standard InChI is InChI=1S/C13H20Si/c1-4-5-6-12-7-9-13(10-8-12)11-14(2)3/h4,7-10,14H,1,5-6,11H2,2-3H3. The van der Waals surface area contributed by atoms with Crippen LogP contribution in [0, 0.1) is 0 Å². The first-order valence-electron chi connectivity index (χ1n) is 5.41. The molecule has 0 radical (unpaired) electrons. The van der Waals surface area contributed by atoms with Crippen molar-refractivity contribution in [3.05, 3.63) is 48.0 Å². The van der Waals surface area contributed by atoms with Gasteiger partial charge in [-0.15, -0.1) is 6.58 Å². The summed E-state index contributed by atoms with van der Waals surface area (Å²) in [6, 6.07) is 10.4. The first kappa shape index (κ1) is 11.3. The lowest BCUT2D eigenvalue weighted by atomic mass is 10.1. The van der Waals surface area contributed by atoms with Gasteiger partial charge in [-0.2, -0.15) is 0 Å². The predicted octanol–water partition coefficient (Wildman–Crippen LogP) is 3.37. The molecule has 1 heteroatoms. The molecule has 0 atom stereocenters. The quantitative estimate of drug-likeness (QED) is 0.509. The summed E-state index contributed by atoms with van der Waals surface area (Å²) >= 11 is 0. The molecule has 0 fully saturated rings. The van der Waals surface area contributed by atoms with Crippen LogP contribution in [0.1, 0.15) is 17.5 Å². The summed E-state index contributed by atoms with van der Waals surface area (Å²) in [5.74, 6) is 0. The molecule has 0 aliphatic rings. The van der Waals surface area contributed by atoms with Crippen LogP contribution in [0.2, 0.25) is 13.1 Å². The molecule has 0 unspecified atom stereocenters. The van der Waals surface area contributed by atoms with Crippen LogP contribution >= 0.6 is 0 Å². The van der Waals surface area contributed by atoms with Gasteiger partial charge in [0, 0.05) is 8.80 Å². The molecule has 0 saturated heterocycles. The second kappa shape index (κ2) is 5.81. The van der Waals surface area contributed by atoms with Gasteiger partial charge in [-0.05, 0) is 24.4 Å². The molecule has 0 nitrogen and oxygen atoms in total. The molecule has 0 aliphatic carbocycles. The Morgan fingerprint density at radius 1 is 1.14 bits per heavy atom. The van der Waals surface area contributed by atoms with E-state index >= 15 is 0 Å². The van der Waals surface area contributed by atoms with Crippen LogP contribution in [-0.2, 0) is 12.5 Å². The molecule has 1 aromatic carbocycles. The minimum atomic E-state index is -0.451. The molecule has 0 saturated carbocycles. The molecular formula is C13H20Si. The Hall–Kier alpha value is -0.823. The maximum atomic E-state index is 3.74. The Morgan fingerprint density at radius 2 is 1.71 bits per heavy atom. The number of aryl methyl sites for hydroxylation is 1. The van der Waals surface area contributed by atoms with E-state index in [9.17, 15) is 0 Å². The van der Waals surface area contributed by atoms with E-state index in [2.05, 4.69) is 43.9 Å². The molecule has 0 bridgehead atoms. The average molecular weight is 204 g/mol. The van der Waals surface area contributed by atoms with Gasteiger partial charge in [0.2, 0.25) is 0 Å². The van der Waals surface area contributed by atoms with Gasteiger partial charge in [0.15, 0.2) is 0 Å². The van der Waals surface area contributed by atoms with Gasteiger partial charge in [-0.1, -0.05) is 49.0 Å². The zero-order chi connectivity index (χ0) is 10.4. The lowest BCUT2D eigenvalue weighted by Crippen LogP contribution is -2.05. The SMILES string of the molecule is C=CCCc1ccc(C[SiH](C)C)cc1. The van der Waals surface area contributed by atoms with Gasteiger partial charge >= 0.3 is 0 Å². The summed E-state index contributed by atoms with van der Waals surface area (Å²) in [5, 5.41) is 0. The van der Waals surface area contributed by atoms with Crippen molar-refractivity contribution in [3.8, 4) is 0 Å². The molecule has 0 aromatic heterocycles. The topological polar surface area (TPSA) is 0 Å². The van der Waals surface area contributed by atoms with Crippen LogP contribution < -0.4 is 0 Å². The molecule has 0 spiro atoms. The van der Waals surface area contributed by atoms with Crippen molar-refractivity contribution in [3.63, 3.8) is 0 Å². The average Bonchev–Trinajstić information content (AvgIpc) is 2.16. The van der Waals surface area contributed by atoms with Gasteiger partial charge < -0.3 is 0 Å². The van der Waals surface area contributed by atoms with Crippen molar-refractivity contribution in [2.24, 2.45) is 0 Å². The summed E-state index contributed by atoms with van der Waals surface area (Å²) in [4.78, 5) is 0. The van der Waals surface area contributed by atoms with Crippen LogP contribution in [0.3, 0.4) is 0 Å². The first-order chi connectivity index (χ1) is 6.72. The normalized spacial score (nSPS) is 10.5. The summed E-state index contributed by atoms with van der Waals surface area (Å²) < 4.78 is 0. The summed E-state index contributed by atoms with van der Waals surface area (Å²) in [7, 11) is -0.451. The minimum Gasteiger partial charge on any atom is -0.103 e. The predicted molar refractivity (Wildman–Crippen MR) is 67.5 cm³/mol. The maximum Gasteiger partial charge on any atom is 0.0352 e. The summed E-state index contributed by atoms with van der Waals surface area (Å²) in [6.07, 6.45) is 4.19. The lowest BCUT2D eigenvalue weighted by molar-refractivity contribution is 1.00. The van der Waals surface area contributed by atoms with Gasteiger partial charge in [0.1, 0.15) is 0 Å². The highest BCUT2D eigenvalue weighted by Crippen LogP contribution is 2.08. The van der Waals surface area contributed by atoms with E-state index in [1.807, 2.05) is 6.08 Å². The highest BCUT2D eigenvalue weighted by molar-refractivity contribution is 6.55. The molecule has 14 heavy (non-hydrogen) atoms. The second-order valence-electron chi connectivity index (χ2n) is 4.24. The molecular weight excluding hydrogens is 184 g/mol. The Kier molecular flexibility index (Phi) is 4.67. The van der Waals surface area contributed by atoms with E-state index in [4.69, 9.17) is 0 Å². The minimum absolute atomic E-state index is 0.451. The number of allylic oxidation sites excluding steroid dienone is 1. The van der Waals surface area contributed by atoms with E-state index in [0.29, 0.717) is 0 Å². The largest absolute Gasteiger partial charge is 0.103 e. The monoisotopic (exact) mass is 204 g/mol. The van der Waals surface area contributed by atoms with Gasteiger partial charge in [0.05, 0.1) is 0 Å². The van der Waals surface area contributed by atoms with E-state index in [0.717, 1.165) is 12.8 Å². The third kappa shape index (κ3) is 3.92. The van der Waals surface area contributed by atoms with E-state index < -0.39 is 8.80 Å². The van der Waals surface area contributed by atoms with Crippen molar-refractivity contribution in [2.45, 2.75) is 32.0 Å².